The summed E-state index contributed by atoms with van der Waals surface area (Å²) < 4.78 is 34.7. The number of hydrogen-bond acceptors (Lipinski definition) is 18. The molecule has 3 heterocycles. The molecule has 8 aliphatic rings. The van der Waals surface area contributed by atoms with Crippen LogP contribution in [0.15, 0.2) is 11.6 Å². The molecule has 0 aromatic rings. The standard InChI is InChI=1S/C48H76O19/c1-20-10-15-48(17-16-45(5)23(29(48)21(20)2)8-9-26-44(4)13-12-28(50)47(7,42(59)60)27(44)11-14-46(26,45)6)43(61)67-41-36(57)33(54)31(52)25(65-41)19-62-39-37(58)34(55)38(24(18-49)64-39)66-40-35(56)32(53)30(51)22(3)63-40/h8,20-22,24-41,49-58H,9-19H2,1-7H3,(H,59,60). The predicted octanol–water partition coefficient (Wildman–Crippen LogP) is 0.0887. The van der Waals surface area contributed by atoms with E-state index in [-0.39, 0.29) is 45.8 Å². The van der Waals surface area contributed by atoms with Gasteiger partial charge in [-0.3, -0.25) is 9.59 Å². The zero-order valence-electron chi connectivity index (χ0n) is 39.7. The number of allylic oxidation sites excluding steroid dienone is 2. The van der Waals surface area contributed by atoms with Crippen LogP contribution in [0.3, 0.4) is 0 Å². The lowest BCUT2D eigenvalue weighted by Crippen LogP contribution is -2.67. The minimum absolute atomic E-state index is 0.0541. The average molecular weight is 957 g/mol. The molecule has 3 saturated heterocycles. The smallest absolute Gasteiger partial charge is 0.315 e. The van der Waals surface area contributed by atoms with Crippen molar-refractivity contribution in [1.29, 1.82) is 0 Å². The summed E-state index contributed by atoms with van der Waals surface area (Å²) in [6, 6.07) is 0. The molecule has 3 aliphatic heterocycles. The van der Waals surface area contributed by atoms with Crippen molar-refractivity contribution < 1.29 is 94.2 Å². The van der Waals surface area contributed by atoms with E-state index in [1.165, 1.54) is 12.5 Å². The number of hydrogen-bond donors (Lipinski definition) is 11. The summed E-state index contributed by atoms with van der Waals surface area (Å²) in [7, 11) is 0. The summed E-state index contributed by atoms with van der Waals surface area (Å²) >= 11 is 0. The zero-order valence-corrected chi connectivity index (χ0v) is 39.7. The fourth-order valence-electron chi connectivity index (χ4n) is 15.0. The average Bonchev–Trinajstić information content (AvgIpc) is 3.29. The maximum absolute atomic E-state index is 15.0. The third-order valence-corrected chi connectivity index (χ3v) is 19.7. The highest BCUT2D eigenvalue weighted by Crippen LogP contribution is 2.76. The number of carbonyl (C=O) groups is 2. The molecule has 382 valence electrons. The number of fused-ring (bicyclic) bond motifs is 7. The van der Waals surface area contributed by atoms with Crippen LogP contribution >= 0.6 is 0 Å². The third-order valence-electron chi connectivity index (χ3n) is 19.7. The van der Waals surface area contributed by atoms with Crippen molar-refractivity contribution in [2.75, 3.05) is 13.2 Å². The highest BCUT2D eigenvalue weighted by molar-refractivity contribution is 5.79. The second-order valence-corrected chi connectivity index (χ2v) is 22.7. The van der Waals surface area contributed by atoms with Crippen molar-refractivity contribution >= 4 is 11.9 Å². The Balaban J connectivity index is 0.983. The van der Waals surface area contributed by atoms with E-state index >= 15 is 0 Å². The van der Waals surface area contributed by atoms with Gasteiger partial charge in [0.15, 0.2) is 12.6 Å². The molecule has 0 aromatic heterocycles. The number of ether oxygens (including phenoxy) is 6. The first-order valence-corrected chi connectivity index (χ1v) is 24.5. The van der Waals surface area contributed by atoms with Crippen LogP contribution in [-0.4, -0.2) is 180 Å². The Morgan fingerprint density at radius 3 is 2.00 bits per heavy atom. The van der Waals surface area contributed by atoms with Crippen molar-refractivity contribution in [3.8, 4) is 0 Å². The first-order chi connectivity index (χ1) is 31.3. The number of aliphatic hydroxyl groups excluding tert-OH is 10. The van der Waals surface area contributed by atoms with Crippen molar-refractivity contribution in [2.45, 2.75) is 204 Å². The largest absolute Gasteiger partial charge is 0.481 e. The van der Waals surface area contributed by atoms with Crippen molar-refractivity contribution in [2.24, 2.45) is 56.7 Å². The molecule has 7 fully saturated rings. The van der Waals surface area contributed by atoms with E-state index in [1.54, 1.807) is 6.92 Å². The number of esters is 1. The molecule has 5 aliphatic carbocycles. The molecule has 4 saturated carbocycles. The Bertz CT molecular complexity index is 1870. The summed E-state index contributed by atoms with van der Waals surface area (Å²) in [5.74, 6) is -1.55. The molecule has 19 nitrogen and oxygen atoms in total. The quantitative estimate of drug-likeness (QED) is 0.108. The van der Waals surface area contributed by atoms with Gasteiger partial charge in [-0.2, -0.15) is 0 Å². The Hall–Kier alpha value is -1.92. The molecule has 11 N–H and O–H groups in total. The second kappa shape index (κ2) is 18.3. The summed E-state index contributed by atoms with van der Waals surface area (Å²) in [4.78, 5) is 27.9. The number of aliphatic hydroxyl groups is 10. The van der Waals surface area contributed by atoms with E-state index in [0.29, 0.717) is 38.5 Å². The number of rotatable bonds is 9. The van der Waals surface area contributed by atoms with Crippen LogP contribution in [0.1, 0.15) is 106 Å². The van der Waals surface area contributed by atoms with Gasteiger partial charge in [-0.05, 0) is 117 Å². The summed E-state index contributed by atoms with van der Waals surface area (Å²) in [6.45, 7) is 13.0. The van der Waals surface area contributed by atoms with Gasteiger partial charge in [0.1, 0.15) is 67.1 Å². The Labute approximate surface area is 391 Å². The molecule has 0 aromatic carbocycles. The summed E-state index contributed by atoms with van der Waals surface area (Å²) in [6.07, 6.45) is -17.3. The van der Waals surface area contributed by atoms with Gasteiger partial charge in [-0.15, -0.1) is 0 Å². The van der Waals surface area contributed by atoms with E-state index in [2.05, 4.69) is 40.7 Å². The Morgan fingerprint density at radius 1 is 0.687 bits per heavy atom. The third kappa shape index (κ3) is 7.79. The first-order valence-electron chi connectivity index (χ1n) is 24.5. The van der Waals surface area contributed by atoms with E-state index in [0.717, 1.165) is 19.3 Å². The molecule has 67 heavy (non-hydrogen) atoms. The zero-order chi connectivity index (χ0) is 49.1. The summed E-state index contributed by atoms with van der Waals surface area (Å²) in [5.41, 5.74) is -2.01. The molecule has 26 atom stereocenters. The van der Waals surface area contributed by atoms with Gasteiger partial charge >= 0.3 is 11.9 Å². The van der Waals surface area contributed by atoms with Crippen molar-refractivity contribution in [3.05, 3.63) is 11.6 Å². The maximum Gasteiger partial charge on any atom is 0.315 e. The van der Waals surface area contributed by atoms with Gasteiger partial charge in [-0.25, -0.2) is 0 Å². The number of carbonyl (C=O) groups excluding carboxylic acids is 1. The number of carboxylic acid groups (broad SMARTS) is 1. The molecule has 8 rings (SSSR count). The van der Waals surface area contributed by atoms with Gasteiger partial charge in [0.2, 0.25) is 6.29 Å². The topological polar surface area (TPSA) is 312 Å². The molecule has 0 radical (unpaired) electrons. The predicted molar refractivity (Wildman–Crippen MR) is 231 cm³/mol. The Kier molecular flexibility index (Phi) is 14.0. The highest BCUT2D eigenvalue weighted by Gasteiger charge is 2.71. The van der Waals surface area contributed by atoms with Gasteiger partial charge in [-0.1, -0.05) is 46.3 Å². The fourth-order valence-corrected chi connectivity index (χ4v) is 15.0. The van der Waals surface area contributed by atoms with E-state index in [4.69, 9.17) is 28.4 Å². The molecular formula is C48H76O19. The molecular weight excluding hydrogens is 881 g/mol. The van der Waals surface area contributed by atoms with E-state index in [1.807, 2.05) is 0 Å². The lowest BCUT2D eigenvalue weighted by atomic mass is 9.33. The van der Waals surface area contributed by atoms with Crippen LogP contribution in [0.25, 0.3) is 0 Å². The minimum Gasteiger partial charge on any atom is -0.481 e. The van der Waals surface area contributed by atoms with Crippen LogP contribution in [0.4, 0.5) is 0 Å². The fraction of sp³-hybridized carbons (Fsp3) is 0.917. The lowest BCUT2D eigenvalue weighted by molar-refractivity contribution is -0.361. The SMILES string of the molecule is CC1CCC2(C(=O)OC3OC(COC4OC(CO)C(OC5OC(C)C(O)C(O)C5O)C(O)C4O)C(O)C(O)C3O)CCC3(C)C(=CCC4C5(C)CCC(O)C(C)(C(=O)O)C5CCC43C)C2C1C. The molecule has 0 amide bonds. The van der Waals surface area contributed by atoms with Gasteiger partial charge in [0.05, 0.1) is 36.3 Å². The minimum atomic E-state index is -1.87. The van der Waals surface area contributed by atoms with Crippen LogP contribution < -0.4 is 0 Å². The molecule has 19 heteroatoms. The molecule has 0 bridgehead atoms. The number of carboxylic acids is 1. The number of aliphatic carboxylic acids is 1. The lowest BCUT2D eigenvalue weighted by Gasteiger charge is -2.71. The Morgan fingerprint density at radius 2 is 1.33 bits per heavy atom. The normalized spacial score (nSPS) is 55.5. The van der Waals surface area contributed by atoms with E-state index < -0.39 is 134 Å². The summed E-state index contributed by atoms with van der Waals surface area (Å²) in [5, 5.41) is 118. The maximum atomic E-state index is 15.0. The van der Waals surface area contributed by atoms with Crippen LogP contribution in [0, 0.1) is 56.7 Å². The van der Waals surface area contributed by atoms with Crippen molar-refractivity contribution in [1.82, 2.24) is 0 Å². The first kappa shape index (κ1) is 51.4. The molecule has 26 unspecified atom stereocenters. The van der Waals surface area contributed by atoms with Crippen molar-refractivity contribution in [3.63, 3.8) is 0 Å². The van der Waals surface area contributed by atoms with Crippen LogP contribution in [0.2, 0.25) is 0 Å². The van der Waals surface area contributed by atoms with Gasteiger partial charge in [0.25, 0.3) is 0 Å². The highest BCUT2D eigenvalue weighted by atomic mass is 16.8. The van der Waals surface area contributed by atoms with E-state index in [9.17, 15) is 65.8 Å². The van der Waals surface area contributed by atoms with Crippen LogP contribution in [-0.2, 0) is 38.0 Å². The van der Waals surface area contributed by atoms with Gasteiger partial charge in [0, 0.05) is 0 Å². The second-order valence-electron chi connectivity index (χ2n) is 22.7. The van der Waals surface area contributed by atoms with Crippen LogP contribution in [0.5, 0.6) is 0 Å². The monoisotopic (exact) mass is 956 g/mol. The van der Waals surface area contributed by atoms with Gasteiger partial charge < -0.3 is 84.6 Å². The molecule has 0 spiro atoms.